The van der Waals surface area contributed by atoms with E-state index in [2.05, 4.69) is 9.69 Å². The van der Waals surface area contributed by atoms with Gasteiger partial charge in [0.2, 0.25) is 5.91 Å². The van der Waals surface area contributed by atoms with Crippen molar-refractivity contribution in [2.24, 2.45) is 5.73 Å². The highest BCUT2D eigenvalue weighted by atomic mass is 32.1. The quantitative estimate of drug-likeness (QED) is 0.267. The van der Waals surface area contributed by atoms with E-state index >= 15 is 0 Å². The number of aromatic nitrogens is 1. The molecule has 0 unspecified atom stereocenters. The maximum Gasteiger partial charge on any atom is 0.270 e. The zero-order valence-corrected chi connectivity index (χ0v) is 21.4. The number of amides is 3. The van der Waals surface area contributed by atoms with E-state index in [-0.39, 0.29) is 29.3 Å². The molecule has 0 aliphatic carbocycles. The summed E-state index contributed by atoms with van der Waals surface area (Å²) >= 11 is 0.748. The van der Waals surface area contributed by atoms with E-state index in [4.69, 9.17) is 20.6 Å². The van der Waals surface area contributed by atoms with Crippen LogP contribution in [-0.4, -0.2) is 33.6 Å². The van der Waals surface area contributed by atoms with Crippen LogP contribution >= 0.6 is 11.5 Å². The lowest BCUT2D eigenvalue weighted by molar-refractivity contribution is -0.126. The molecule has 3 amide bonds. The normalized spacial score (nSPS) is 11.5. The molecule has 2 aromatic heterocycles. The van der Waals surface area contributed by atoms with E-state index in [0.29, 0.717) is 23.7 Å². The molecule has 0 aliphatic heterocycles. The lowest BCUT2D eigenvalue weighted by Gasteiger charge is -2.30. The molecule has 10 nitrogen and oxygen atoms in total. The highest BCUT2D eigenvalue weighted by Gasteiger charge is 2.35. The molecule has 0 bridgehead atoms. The van der Waals surface area contributed by atoms with Gasteiger partial charge in [-0.25, -0.2) is 0 Å². The first-order chi connectivity index (χ1) is 18.4. The van der Waals surface area contributed by atoms with Crippen LogP contribution in [0.5, 0.6) is 5.75 Å². The number of hydrogen-bond acceptors (Lipinski definition) is 8. The van der Waals surface area contributed by atoms with E-state index in [0.717, 1.165) is 17.1 Å². The molecular formula is C27H27N5O5S. The van der Waals surface area contributed by atoms with Crippen molar-refractivity contribution < 1.29 is 23.5 Å². The van der Waals surface area contributed by atoms with Crippen molar-refractivity contribution in [3.63, 3.8) is 0 Å². The van der Waals surface area contributed by atoms with Gasteiger partial charge in [0.25, 0.3) is 11.8 Å². The molecule has 5 N–H and O–H groups in total. The fourth-order valence-electron chi connectivity index (χ4n) is 3.88. The van der Waals surface area contributed by atoms with E-state index in [1.54, 1.807) is 36.4 Å². The molecule has 0 spiro atoms. The largest absolute Gasteiger partial charge is 0.494 e. The minimum Gasteiger partial charge on any atom is -0.494 e. The number of anilines is 1. The summed E-state index contributed by atoms with van der Waals surface area (Å²) in [6.07, 6.45) is 1.48. The number of nitrogens with zero attached hydrogens (tertiary/aromatic N) is 2. The van der Waals surface area contributed by atoms with Crippen molar-refractivity contribution in [1.29, 1.82) is 0 Å². The lowest BCUT2D eigenvalue weighted by Crippen LogP contribution is -2.43. The zero-order chi connectivity index (χ0) is 27.1. The summed E-state index contributed by atoms with van der Waals surface area (Å²) in [5, 5.41) is 2.93. The first-order valence-corrected chi connectivity index (χ1v) is 12.6. The Morgan fingerprint density at radius 2 is 1.82 bits per heavy atom. The molecule has 196 valence electrons. The van der Waals surface area contributed by atoms with Gasteiger partial charge >= 0.3 is 0 Å². The maximum atomic E-state index is 13.9. The van der Waals surface area contributed by atoms with Crippen LogP contribution in [0.1, 0.15) is 50.0 Å². The number of nitrogens with one attached hydrogen (secondary N) is 1. The monoisotopic (exact) mass is 533 g/mol. The maximum absolute atomic E-state index is 13.9. The summed E-state index contributed by atoms with van der Waals surface area (Å²) in [4.78, 5) is 40.7. The first-order valence-electron chi connectivity index (χ1n) is 11.8. The van der Waals surface area contributed by atoms with Crippen LogP contribution < -0.4 is 21.5 Å². The number of ether oxygens (including phenoxy) is 1. The molecule has 2 aromatic carbocycles. The number of hydrogen-bond donors (Lipinski definition) is 3. The lowest BCUT2D eigenvalue weighted by atomic mass is 10.0. The minimum absolute atomic E-state index is 0.00264. The van der Waals surface area contributed by atoms with Crippen LogP contribution in [0.25, 0.3) is 0 Å². The highest BCUT2D eigenvalue weighted by Crippen LogP contribution is 2.31. The third-order valence-electron chi connectivity index (χ3n) is 5.70. The molecule has 0 aliphatic rings. The average Bonchev–Trinajstić information content (AvgIpc) is 3.58. The Bertz CT molecular complexity index is 1390. The second-order valence-corrected chi connectivity index (χ2v) is 9.03. The Labute approximate surface area is 223 Å². The van der Waals surface area contributed by atoms with Crippen molar-refractivity contribution >= 4 is 34.9 Å². The number of primary amides is 1. The predicted octanol–water partition coefficient (Wildman–Crippen LogP) is 3.52. The SMILES string of the molecule is CCOc1ccc([C@@H](C(=O)NCc2ccccc2)N(Cc2ccco2)C(=O)c2snc(C(N)=O)c2N)cc1. The molecule has 4 rings (SSSR count). The van der Waals surface area contributed by atoms with Crippen LogP contribution in [0.4, 0.5) is 5.69 Å². The van der Waals surface area contributed by atoms with Crippen molar-refractivity contribution in [3.05, 3.63) is 100 Å². The third-order valence-corrected chi connectivity index (χ3v) is 6.55. The first kappa shape index (κ1) is 26.4. The summed E-state index contributed by atoms with van der Waals surface area (Å²) in [7, 11) is 0. The van der Waals surface area contributed by atoms with Crippen LogP contribution in [0.3, 0.4) is 0 Å². The number of furan rings is 1. The van der Waals surface area contributed by atoms with Gasteiger partial charge in [0.05, 0.1) is 25.1 Å². The van der Waals surface area contributed by atoms with Crippen molar-refractivity contribution in [1.82, 2.24) is 14.6 Å². The van der Waals surface area contributed by atoms with Crippen molar-refractivity contribution in [2.75, 3.05) is 12.3 Å². The van der Waals surface area contributed by atoms with E-state index in [9.17, 15) is 14.4 Å². The van der Waals surface area contributed by atoms with Crippen molar-refractivity contribution in [2.45, 2.75) is 26.1 Å². The van der Waals surface area contributed by atoms with Gasteiger partial charge in [-0.1, -0.05) is 42.5 Å². The molecule has 4 aromatic rings. The number of benzene rings is 2. The number of rotatable bonds is 11. The summed E-state index contributed by atoms with van der Waals surface area (Å²) in [6.45, 7) is 2.56. The fourth-order valence-corrected chi connectivity index (χ4v) is 4.64. The van der Waals surface area contributed by atoms with Gasteiger partial charge < -0.3 is 30.8 Å². The average molecular weight is 534 g/mol. The van der Waals surface area contributed by atoms with Gasteiger partial charge in [-0.15, -0.1) is 0 Å². The predicted molar refractivity (Wildman–Crippen MR) is 142 cm³/mol. The number of carbonyl (C=O) groups excluding carboxylic acids is 3. The van der Waals surface area contributed by atoms with E-state index in [1.807, 2.05) is 37.3 Å². The van der Waals surface area contributed by atoms with E-state index in [1.165, 1.54) is 11.2 Å². The second-order valence-electron chi connectivity index (χ2n) is 8.26. The Kier molecular flexibility index (Phi) is 8.39. The molecule has 1 atom stereocenters. The molecule has 38 heavy (non-hydrogen) atoms. The highest BCUT2D eigenvalue weighted by molar-refractivity contribution is 7.09. The number of nitrogens with two attached hydrogens (primary N) is 2. The van der Waals surface area contributed by atoms with Gasteiger partial charge in [-0.2, -0.15) is 4.37 Å². The summed E-state index contributed by atoms with van der Waals surface area (Å²) < 4.78 is 15.0. The van der Waals surface area contributed by atoms with Crippen molar-refractivity contribution in [3.8, 4) is 5.75 Å². The van der Waals surface area contributed by atoms with E-state index < -0.39 is 23.8 Å². The standard InChI is InChI=1S/C27H27N5O5S/c1-2-36-19-12-10-18(11-13-19)23(26(34)30-15-17-7-4-3-5-8-17)32(16-20-9-6-14-37-20)27(35)24-21(28)22(25(29)33)31-38-24/h3-14,23H,2,15-16,28H2,1H3,(H2,29,33)(H,30,34)/t23-/m0/s1. The summed E-state index contributed by atoms with van der Waals surface area (Å²) in [5.41, 5.74) is 12.5. The Morgan fingerprint density at radius 3 is 2.42 bits per heavy atom. The Morgan fingerprint density at radius 1 is 1.08 bits per heavy atom. The molecule has 0 saturated heterocycles. The summed E-state index contributed by atoms with van der Waals surface area (Å²) in [6, 6.07) is 18.6. The van der Waals surface area contributed by atoms with Crippen LogP contribution in [0, 0.1) is 0 Å². The van der Waals surface area contributed by atoms with Gasteiger partial charge in [0.15, 0.2) is 5.69 Å². The molecule has 0 radical (unpaired) electrons. The number of nitrogen functional groups attached to an aromatic ring is 1. The molecule has 11 heteroatoms. The Balaban J connectivity index is 1.75. The van der Waals surface area contributed by atoms with Crippen LogP contribution in [-0.2, 0) is 17.9 Å². The molecule has 0 saturated carbocycles. The van der Waals surface area contributed by atoms with Gasteiger partial charge in [0, 0.05) is 6.54 Å². The zero-order valence-electron chi connectivity index (χ0n) is 20.6. The number of carbonyl (C=O) groups is 3. The molecule has 0 fully saturated rings. The van der Waals surface area contributed by atoms with Crippen LogP contribution in [0.15, 0.2) is 77.4 Å². The molecule has 2 heterocycles. The topological polar surface area (TPSA) is 154 Å². The summed E-state index contributed by atoms with van der Waals surface area (Å²) in [5.74, 6) is -0.794. The van der Waals surface area contributed by atoms with Gasteiger partial charge in [-0.3, -0.25) is 14.4 Å². The molecular weight excluding hydrogens is 506 g/mol. The third kappa shape index (κ3) is 6.01. The second kappa shape index (κ2) is 12.1. The Hall–Kier alpha value is -4.64. The fraction of sp³-hybridized carbons (Fsp3) is 0.185. The smallest absolute Gasteiger partial charge is 0.270 e. The minimum atomic E-state index is -1.08. The van der Waals surface area contributed by atoms with Crippen LogP contribution in [0.2, 0.25) is 0 Å². The van der Waals surface area contributed by atoms with Gasteiger partial charge in [-0.05, 0) is 53.8 Å². The van der Waals surface area contributed by atoms with Gasteiger partial charge in [0.1, 0.15) is 22.4 Å².